The molecule has 132 valence electrons. The third-order valence-electron chi connectivity index (χ3n) is 3.16. The number of nitrogens with one attached hydrogen (secondary N) is 2. The number of carbonyl (C=O) groups excluding carboxylic acids is 2. The van der Waals surface area contributed by atoms with Crippen molar-refractivity contribution < 1.29 is 14.0 Å². The SMILES string of the molecule is O=C(CSc1nnc(-c2cccc(Cl)c2)o1)NNC(=O)c1ccccc1. The van der Waals surface area contributed by atoms with Crippen molar-refractivity contribution in [2.75, 3.05) is 5.75 Å². The molecule has 0 aliphatic heterocycles. The summed E-state index contributed by atoms with van der Waals surface area (Å²) in [4.78, 5) is 23.6. The van der Waals surface area contributed by atoms with Crippen LogP contribution in [-0.2, 0) is 4.79 Å². The summed E-state index contributed by atoms with van der Waals surface area (Å²) in [5.41, 5.74) is 5.81. The lowest BCUT2D eigenvalue weighted by atomic mass is 10.2. The Balaban J connectivity index is 1.48. The smallest absolute Gasteiger partial charge is 0.277 e. The Bertz CT molecular complexity index is 917. The van der Waals surface area contributed by atoms with E-state index in [0.717, 1.165) is 11.8 Å². The molecule has 0 fully saturated rings. The first-order valence-corrected chi connectivity index (χ1v) is 8.84. The second-order valence-corrected chi connectivity index (χ2v) is 6.40. The van der Waals surface area contributed by atoms with Crippen LogP contribution in [0.1, 0.15) is 10.4 Å². The van der Waals surface area contributed by atoms with Crippen LogP contribution in [0.2, 0.25) is 5.02 Å². The highest BCUT2D eigenvalue weighted by atomic mass is 35.5. The molecule has 0 saturated carbocycles. The van der Waals surface area contributed by atoms with Gasteiger partial charge in [0.15, 0.2) is 0 Å². The van der Waals surface area contributed by atoms with E-state index in [4.69, 9.17) is 16.0 Å². The predicted molar refractivity (Wildman–Crippen MR) is 97.5 cm³/mol. The molecule has 1 aromatic heterocycles. The molecule has 1 heterocycles. The quantitative estimate of drug-likeness (QED) is 0.515. The molecule has 2 amide bonds. The minimum absolute atomic E-state index is 0.00620. The topological polar surface area (TPSA) is 97.1 Å². The van der Waals surface area contributed by atoms with Gasteiger partial charge < -0.3 is 4.42 Å². The first kappa shape index (κ1) is 18.0. The lowest BCUT2D eigenvalue weighted by Crippen LogP contribution is -2.42. The summed E-state index contributed by atoms with van der Waals surface area (Å²) in [5, 5.41) is 8.59. The van der Waals surface area contributed by atoms with Crippen LogP contribution >= 0.6 is 23.4 Å². The van der Waals surface area contributed by atoms with Crippen molar-refractivity contribution in [1.82, 2.24) is 21.0 Å². The zero-order valence-electron chi connectivity index (χ0n) is 13.3. The van der Waals surface area contributed by atoms with E-state index < -0.39 is 11.8 Å². The van der Waals surface area contributed by atoms with E-state index in [9.17, 15) is 9.59 Å². The van der Waals surface area contributed by atoms with E-state index in [2.05, 4.69) is 21.0 Å². The predicted octanol–water partition coefficient (Wildman–Crippen LogP) is 2.94. The molecule has 0 aliphatic carbocycles. The van der Waals surface area contributed by atoms with Gasteiger partial charge in [0.2, 0.25) is 11.8 Å². The highest BCUT2D eigenvalue weighted by molar-refractivity contribution is 7.99. The van der Waals surface area contributed by atoms with Crippen LogP contribution in [0.5, 0.6) is 0 Å². The maximum atomic E-state index is 11.8. The first-order chi connectivity index (χ1) is 12.6. The van der Waals surface area contributed by atoms with Crippen molar-refractivity contribution in [3.8, 4) is 11.5 Å². The number of benzene rings is 2. The molecule has 26 heavy (non-hydrogen) atoms. The van der Waals surface area contributed by atoms with Crippen molar-refractivity contribution in [3.63, 3.8) is 0 Å². The lowest BCUT2D eigenvalue weighted by molar-refractivity contribution is -0.119. The number of amides is 2. The summed E-state index contributed by atoms with van der Waals surface area (Å²) in [6, 6.07) is 15.6. The third-order valence-corrected chi connectivity index (χ3v) is 4.21. The van der Waals surface area contributed by atoms with Gasteiger partial charge in [0.05, 0.1) is 5.75 Å². The zero-order chi connectivity index (χ0) is 18.4. The molecule has 2 N–H and O–H groups in total. The minimum atomic E-state index is -0.401. The molecule has 2 aromatic carbocycles. The maximum absolute atomic E-state index is 11.8. The van der Waals surface area contributed by atoms with Crippen LogP contribution in [0.25, 0.3) is 11.5 Å². The molecule has 3 rings (SSSR count). The summed E-state index contributed by atoms with van der Waals surface area (Å²) < 4.78 is 5.48. The summed E-state index contributed by atoms with van der Waals surface area (Å²) >= 11 is 6.99. The molecular formula is C17H13ClN4O3S. The van der Waals surface area contributed by atoms with Crippen molar-refractivity contribution >= 4 is 35.2 Å². The molecule has 0 bridgehead atoms. The van der Waals surface area contributed by atoms with Crippen LogP contribution < -0.4 is 10.9 Å². The van der Waals surface area contributed by atoms with Crippen LogP contribution in [0.3, 0.4) is 0 Å². The van der Waals surface area contributed by atoms with Crippen LogP contribution in [0, 0.1) is 0 Å². The van der Waals surface area contributed by atoms with Crippen LogP contribution in [0.15, 0.2) is 64.2 Å². The van der Waals surface area contributed by atoms with E-state index in [-0.39, 0.29) is 11.0 Å². The maximum Gasteiger partial charge on any atom is 0.277 e. The molecule has 0 aliphatic rings. The van der Waals surface area contributed by atoms with Crippen LogP contribution in [0.4, 0.5) is 0 Å². The van der Waals surface area contributed by atoms with E-state index >= 15 is 0 Å². The monoisotopic (exact) mass is 388 g/mol. The minimum Gasteiger partial charge on any atom is -0.411 e. The number of rotatable bonds is 5. The fourth-order valence-corrected chi connectivity index (χ4v) is 2.71. The number of hydrogen-bond acceptors (Lipinski definition) is 6. The number of hydrazine groups is 1. The second kappa shape index (κ2) is 8.50. The molecule has 0 unspecified atom stereocenters. The third kappa shape index (κ3) is 4.84. The van der Waals surface area contributed by atoms with E-state index in [0.29, 0.717) is 22.0 Å². The van der Waals surface area contributed by atoms with Gasteiger partial charge in [0, 0.05) is 16.1 Å². The molecule has 0 radical (unpaired) electrons. The zero-order valence-corrected chi connectivity index (χ0v) is 14.9. The fraction of sp³-hybridized carbons (Fsp3) is 0.0588. The largest absolute Gasteiger partial charge is 0.411 e. The van der Waals surface area contributed by atoms with Crippen molar-refractivity contribution in [2.24, 2.45) is 0 Å². The number of nitrogens with zero attached hydrogens (tertiary/aromatic N) is 2. The number of hydrogen-bond donors (Lipinski definition) is 2. The number of carbonyl (C=O) groups is 2. The number of aromatic nitrogens is 2. The Labute approximate surface area is 158 Å². The molecule has 0 saturated heterocycles. The second-order valence-electron chi connectivity index (χ2n) is 5.04. The van der Waals surface area contributed by atoms with Gasteiger partial charge in [-0.2, -0.15) is 0 Å². The average Bonchev–Trinajstić information content (AvgIpc) is 3.14. The summed E-state index contributed by atoms with van der Waals surface area (Å²) in [5.74, 6) is -0.480. The normalized spacial score (nSPS) is 10.3. The Morgan fingerprint density at radius 1 is 1.04 bits per heavy atom. The van der Waals surface area contributed by atoms with Gasteiger partial charge in [-0.05, 0) is 30.3 Å². The van der Waals surface area contributed by atoms with Crippen molar-refractivity contribution in [2.45, 2.75) is 5.22 Å². The van der Waals surface area contributed by atoms with Gasteiger partial charge in [-0.1, -0.05) is 47.6 Å². The van der Waals surface area contributed by atoms with Gasteiger partial charge >= 0.3 is 0 Å². The highest BCUT2D eigenvalue weighted by Crippen LogP contribution is 2.24. The molecule has 9 heteroatoms. The molecular weight excluding hydrogens is 376 g/mol. The van der Waals surface area contributed by atoms with Gasteiger partial charge in [-0.25, -0.2) is 0 Å². The van der Waals surface area contributed by atoms with Crippen molar-refractivity contribution in [3.05, 3.63) is 65.2 Å². The van der Waals surface area contributed by atoms with E-state index in [1.807, 2.05) is 0 Å². The number of thioether (sulfide) groups is 1. The summed E-state index contributed by atoms with van der Waals surface area (Å²) in [7, 11) is 0. The Morgan fingerprint density at radius 3 is 2.62 bits per heavy atom. The lowest BCUT2D eigenvalue weighted by Gasteiger charge is -2.06. The van der Waals surface area contributed by atoms with Gasteiger partial charge in [-0.3, -0.25) is 20.4 Å². The molecule has 3 aromatic rings. The first-order valence-electron chi connectivity index (χ1n) is 7.48. The van der Waals surface area contributed by atoms with E-state index in [1.54, 1.807) is 54.6 Å². The standard InChI is InChI=1S/C17H13ClN4O3S/c18-13-8-4-7-12(9-13)16-21-22-17(25-16)26-10-14(23)19-20-15(24)11-5-2-1-3-6-11/h1-9H,10H2,(H,19,23)(H,20,24). The average molecular weight is 389 g/mol. The molecule has 0 spiro atoms. The van der Waals surface area contributed by atoms with Crippen molar-refractivity contribution in [1.29, 1.82) is 0 Å². The highest BCUT2D eigenvalue weighted by Gasteiger charge is 2.12. The number of halogens is 1. The fourth-order valence-electron chi connectivity index (χ4n) is 1.96. The summed E-state index contributed by atoms with van der Waals surface area (Å²) in [6.07, 6.45) is 0. The van der Waals surface area contributed by atoms with Gasteiger partial charge in [0.25, 0.3) is 11.1 Å². The van der Waals surface area contributed by atoms with E-state index in [1.165, 1.54) is 0 Å². The van der Waals surface area contributed by atoms with Crippen LogP contribution in [-0.4, -0.2) is 27.8 Å². The Morgan fingerprint density at radius 2 is 1.85 bits per heavy atom. The van der Waals surface area contributed by atoms with Gasteiger partial charge in [-0.15, -0.1) is 10.2 Å². The Kier molecular flexibility index (Phi) is 5.88. The Hall–Kier alpha value is -2.84. The molecule has 0 atom stereocenters. The summed E-state index contributed by atoms with van der Waals surface area (Å²) in [6.45, 7) is 0. The molecule has 7 nitrogen and oxygen atoms in total. The van der Waals surface area contributed by atoms with Gasteiger partial charge in [0.1, 0.15) is 0 Å².